The minimum Gasteiger partial charge on any atom is -0.449 e. The highest BCUT2D eigenvalue weighted by Crippen LogP contribution is 2.10. The number of aryl methyl sites for hydroxylation is 2. The molecule has 1 heterocycles. The Labute approximate surface area is 93.1 Å². The molecule has 0 radical (unpaired) electrons. The van der Waals surface area contributed by atoms with Gasteiger partial charge in [0.1, 0.15) is 6.26 Å². The highest BCUT2D eigenvalue weighted by molar-refractivity contribution is 4.96. The second kappa shape index (κ2) is 7.49. The van der Waals surface area contributed by atoms with Gasteiger partial charge in [-0.1, -0.05) is 39.5 Å². The van der Waals surface area contributed by atoms with Crippen LogP contribution in [0.25, 0.3) is 0 Å². The first-order valence-electron chi connectivity index (χ1n) is 6.30. The highest BCUT2D eigenvalue weighted by Gasteiger charge is 2.02. The molecule has 1 aromatic heterocycles. The zero-order valence-electron chi connectivity index (χ0n) is 10.1. The molecule has 0 bridgehead atoms. The number of unbranched alkanes of at least 4 members (excludes halogenated alkanes) is 4. The molecule has 0 aliphatic rings. The topological polar surface area (TPSA) is 26.0 Å². The third-order valence-corrected chi connectivity index (χ3v) is 2.63. The third kappa shape index (κ3) is 5.01. The van der Waals surface area contributed by atoms with Gasteiger partial charge in [-0.15, -0.1) is 0 Å². The van der Waals surface area contributed by atoms with Crippen molar-refractivity contribution in [2.75, 3.05) is 0 Å². The van der Waals surface area contributed by atoms with E-state index in [1.54, 1.807) is 0 Å². The van der Waals surface area contributed by atoms with Crippen molar-refractivity contribution in [3.05, 3.63) is 17.8 Å². The van der Waals surface area contributed by atoms with Crippen LogP contribution in [0, 0.1) is 0 Å². The van der Waals surface area contributed by atoms with E-state index in [-0.39, 0.29) is 0 Å². The van der Waals surface area contributed by atoms with Crippen LogP contribution in [0.4, 0.5) is 0 Å². The molecule has 0 aliphatic carbocycles. The summed E-state index contributed by atoms with van der Waals surface area (Å²) in [6.07, 6.45) is 11.5. The van der Waals surface area contributed by atoms with E-state index >= 15 is 0 Å². The number of aromatic nitrogens is 1. The van der Waals surface area contributed by atoms with Crippen LogP contribution in [0.2, 0.25) is 0 Å². The summed E-state index contributed by atoms with van der Waals surface area (Å²) in [5, 5.41) is 0. The largest absolute Gasteiger partial charge is 0.449 e. The fourth-order valence-electron chi connectivity index (χ4n) is 1.64. The minimum atomic E-state index is 0.919. The lowest BCUT2D eigenvalue weighted by Crippen LogP contribution is -1.88. The number of nitrogens with zero attached hydrogens (tertiary/aromatic N) is 1. The molecular formula is C13H23NO. The Hall–Kier alpha value is -0.790. The van der Waals surface area contributed by atoms with Crippen molar-refractivity contribution in [1.29, 1.82) is 0 Å². The molecule has 0 aliphatic heterocycles. The van der Waals surface area contributed by atoms with Crippen LogP contribution in [0.15, 0.2) is 10.7 Å². The van der Waals surface area contributed by atoms with Crippen LogP contribution >= 0.6 is 0 Å². The lowest BCUT2D eigenvalue weighted by molar-refractivity contribution is 0.485. The molecule has 1 rings (SSSR count). The van der Waals surface area contributed by atoms with E-state index in [0.29, 0.717) is 0 Å². The Morgan fingerprint density at radius 1 is 1.00 bits per heavy atom. The van der Waals surface area contributed by atoms with Crippen LogP contribution in [-0.4, -0.2) is 4.98 Å². The smallest absolute Gasteiger partial charge is 0.194 e. The molecule has 15 heavy (non-hydrogen) atoms. The molecule has 2 nitrogen and oxygen atoms in total. The summed E-state index contributed by atoms with van der Waals surface area (Å²) in [6.45, 7) is 4.42. The Kier molecular flexibility index (Phi) is 6.14. The standard InChI is InChI=1S/C13H23NO/c1-3-5-7-8-9-12-11-15-13(14-12)10-6-4-2/h11H,3-10H2,1-2H3. The van der Waals surface area contributed by atoms with Gasteiger partial charge in [-0.3, -0.25) is 0 Å². The van der Waals surface area contributed by atoms with E-state index < -0.39 is 0 Å². The number of hydrogen-bond acceptors (Lipinski definition) is 2. The Morgan fingerprint density at radius 2 is 1.80 bits per heavy atom. The highest BCUT2D eigenvalue weighted by atomic mass is 16.3. The number of oxazole rings is 1. The zero-order chi connectivity index (χ0) is 10.9. The first-order valence-corrected chi connectivity index (χ1v) is 6.30. The molecule has 0 aromatic carbocycles. The van der Waals surface area contributed by atoms with Gasteiger partial charge in [-0.25, -0.2) is 4.98 Å². The predicted molar refractivity (Wildman–Crippen MR) is 63.0 cm³/mol. The molecule has 0 atom stereocenters. The fourth-order valence-corrected chi connectivity index (χ4v) is 1.64. The van der Waals surface area contributed by atoms with Gasteiger partial charge in [-0.05, 0) is 19.3 Å². The van der Waals surface area contributed by atoms with Crippen LogP contribution < -0.4 is 0 Å². The van der Waals surface area contributed by atoms with Crippen molar-refractivity contribution in [3.63, 3.8) is 0 Å². The van der Waals surface area contributed by atoms with Gasteiger partial charge in [-0.2, -0.15) is 0 Å². The summed E-state index contributed by atoms with van der Waals surface area (Å²) < 4.78 is 5.41. The maximum atomic E-state index is 5.41. The fraction of sp³-hybridized carbons (Fsp3) is 0.769. The molecule has 0 saturated carbocycles. The maximum Gasteiger partial charge on any atom is 0.194 e. The SMILES string of the molecule is CCCCCCc1coc(CCCC)n1. The van der Waals surface area contributed by atoms with E-state index in [9.17, 15) is 0 Å². The first kappa shape index (κ1) is 12.3. The van der Waals surface area contributed by atoms with Gasteiger partial charge in [0.05, 0.1) is 5.69 Å². The summed E-state index contributed by atoms with van der Waals surface area (Å²) >= 11 is 0. The van der Waals surface area contributed by atoms with Crippen LogP contribution in [0.3, 0.4) is 0 Å². The molecule has 1 aromatic rings. The van der Waals surface area contributed by atoms with Crippen LogP contribution in [-0.2, 0) is 12.8 Å². The molecule has 2 heteroatoms. The summed E-state index contributed by atoms with van der Waals surface area (Å²) in [5.74, 6) is 0.919. The molecule has 86 valence electrons. The Morgan fingerprint density at radius 3 is 2.53 bits per heavy atom. The van der Waals surface area contributed by atoms with Crippen molar-refractivity contribution >= 4 is 0 Å². The normalized spacial score (nSPS) is 10.8. The molecule has 0 fully saturated rings. The Balaban J connectivity index is 2.20. The second-order valence-corrected chi connectivity index (χ2v) is 4.15. The van der Waals surface area contributed by atoms with Gasteiger partial charge in [0.2, 0.25) is 0 Å². The van der Waals surface area contributed by atoms with Gasteiger partial charge >= 0.3 is 0 Å². The van der Waals surface area contributed by atoms with Crippen LogP contribution in [0.5, 0.6) is 0 Å². The summed E-state index contributed by atoms with van der Waals surface area (Å²) in [6, 6.07) is 0. The van der Waals surface area contributed by atoms with Crippen molar-refractivity contribution in [2.24, 2.45) is 0 Å². The second-order valence-electron chi connectivity index (χ2n) is 4.15. The summed E-state index contributed by atoms with van der Waals surface area (Å²) in [5.41, 5.74) is 1.14. The van der Waals surface area contributed by atoms with Gasteiger partial charge in [0, 0.05) is 6.42 Å². The molecule has 0 N–H and O–H groups in total. The maximum absolute atomic E-state index is 5.41. The monoisotopic (exact) mass is 209 g/mol. The Bertz CT molecular complexity index is 255. The van der Waals surface area contributed by atoms with E-state index in [1.165, 1.54) is 38.5 Å². The molecular weight excluding hydrogens is 186 g/mol. The van der Waals surface area contributed by atoms with Gasteiger partial charge < -0.3 is 4.42 Å². The van der Waals surface area contributed by atoms with Crippen molar-refractivity contribution < 1.29 is 4.42 Å². The predicted octanol–water partition coefficient (Wildman–Crippen LogP) is 4.14. The molecule has 0 amide bonds. The number of rotatable bonds is 8. The lowest BCUT2D eigenvalue weighted by Gasteiger charge is -1.95. The molecule has 0 saturated heterocycles. The van der Waals surface area contributed by atoms with E-state index in [2.05, 4.69) is 18.8 Å². The van der Waals surface area contributed by atoms with Gasteiger partial charge in [0.25, 0.3) is 0 Å². The van der Waals surface area contributed by atoms with Gasteiger partial charge in [0.15, 0.2) is 5.89 Å². The minimum absolute atomic E-state index is 0.919. The van der Waals surface area contributed by atoms with Crippen molar-refractivity contribution in [1.82, 2.24) is 4.98 Å². The molecule has 0 unspecified atom stereocenters. The van der Waals surface area contributed by atoms with E-state index in [0.717, 1.165) is 24.4 Å². The number of hydrogen-bond donors (Lipinski definition) is 0. The first-order chi connectivity index (χ1) is 7.36. The van der Waals surface area contributed by atoms with Crippen molar-refractivity contribution in [2.45, 2.75) is 65.2 Å². The summed E-state index contributed by atoms with van der Waals surface area (Å²) in [4.78, 5) is 4.48. The average Bonchev–Trinajstić information content (AvgIpc) is 2.69. The molecule has 0 spiro atoms. The summed E-state index contributed by atoms with van der Waals surface area (Å²) in [7, 11) is 0. The zero-order valence-corrected chi connectivity index (χ0v) is 10.1. The lowest BCUT2D eigenvalue weighted by atomic mass is 10.1. The van der Waals surface area contributed by atoms with E-state index in [1.807, 2.05) is 6.26 Å². The van der Waals surface area contributed by atoms with Crippen LogP contribution in [0.1, 0.15) is 64.0 Å². The van der Waals surface area contributed by atoms with Crippen molar-refractivity contribution in [3.8, 4) is 0 Å². The van der Waals surface area contributed by atoms with E-state index in [4.69, 9.17) is 4.42 Å². The average molecular weight is 209 g/mol. The third-order valence-electron chi connectivity index (χ3n) is 2.63. The quantitative estimate of drug-likeness (QED) is 0.601.